The predicted octanol–water partition coefficient (Wildman–Crippen LogP) is 3.11. The third-order valence-electron chi connectivity index (χ3n) is 3.39. The van der Waals surface area contributed by atoms with Crippen molar-refractivity contribution in [3.05, 3.63) is 76.8 Å². The van der Waals surface area contributed by atoms with Crippen molar-refractivity contribution in [3.8, 4) is 22.6 Å². The van der Waals surface area contributed by atoms with Crippen LogP contribution in [0.25, 0.3) is 11.1 Å². The van der Waals surface area contributed by atoms with E-state index in [9.17, 15) is 10.1 Å². The van der Waals surface area contributed by atoms with Crippen LogP contribution in [0.15, 0.2) is 66.7 Å². The number of hydrogen-bond acceptors (Lipinski definition) is 6. The second-order valence-corrected chi connectivity index (χ2v) is 4.93. The molecule has 1 heterocycles. The average Bonchev–Trinajstić information content (AvgIpc) is 2.62. The molecule has 0 unspecified atom stereocenters. The highest BCUT2D eigenvalue weighted by molar-refractivity contribution is 5.73. The van der Waals surface area contributed by atoms with Crippen molar-refractivity contribution >= 4 is 5.69 Å². The lowest BCUT2D eigenvalue weighted by Gasteiger charge is -2.16. The van der Waals surface area contributed by atoms with Crippen molar-refractivity contribution in [2.75, 3.05) is 7.11 Å². The standard InChI is InChI=1S/C17H15N3O4/c1-23-16-8-7-14(24-17-6-3-9-18-19-17)11-15(16)12-4-2-5-13(10-12)20(21)22/h2-11,18-19H,1H3. The smallest absolute Gasteiger partial charge is 0.270 e. The number of nitrogens with one attached hydrogen (secondary N) is 2. The van der Waals surface area contributed by atoms with Gasteiger partial charge in [0.25, 0.3) is 5.69 Å². The van der Waals surface area contributed by atoms with E-state index < -0.39 is 4.92 Å². The number of ether oxygens (including phenoxy) is 2. The van der Waals surface area contributed by atoms with E-state index in [1.165, 1.54) is 12.1 Å². The maximum atomic E-state index is 11.0. The Labute approximate surface area is 138 Å². The molecule has 2 aromatic rings. The maximum Gasteiger partial charge on any atom is 0.270 e. The summed E-state index contributed by atoms with van der Waals surface area (Å²) in [5.41, 5.74) is 7.08. The summed E-state index contributed by atoms with van der Waals surface area (Å²) in [5, 5.41) is 11.0. The van der Waals surface area contributed by atoms with Gasteiger partial charge in [-0.05, 0) is 29.8 Å². The van der Waals surface area contributed by atoms with Gasteiger partial charge in [-0.1, -0.05) is 12.1 Å². The third kappa shape index (κ3) is 3.30. The van der Waals surface area contributed by atoms with Gasteiger partial charge in [0.2, 0.25) is 5.88 Å². The quantitative estimate of drug-likeness (QED) is 0.649. The minimum atomic E-state index is -0.426. The Morgan fingerprint density at radius 1 is 1.17 bits per heavy atom. The number of hydrazine groups is 1. The summed E-state index contributed by atoms with van der Waals surface area (Å²) in [6.07, 6.45) is 5.31. The molecule has 2 aromatic carbocycles. The average molecular weight is 325 g/mol. The fourth-order valence-electron chi connectivity index (χ4n) is 2.29. The first-order valence-electron chi connectivity index (χ1n) is 7.16. The van der Waals surface area contributed by atoms with Gasteiger partial charge in [0.15, 0.2) is 0 Å². The lowest BCUT2D eigenvalue weighted by Crippen LogP contribution is -2.30. The van der Waals surface area contributed by atoms with Crippen LogP contribution in [-0.4, -0.2) is 12.0 Å². The lowest BCUT2D eigenvalue weighted by molar-refractivity contribution is -0.384. The SMILES string of the molecule is COc1ccc(OC2=CC=CNN2)cc1-c1cccc([N+](=O)[O-])c1. The second-order valence-electron chi connectivity index (χ2n) is 4.93. The Balaban J connectivity index is 1.98. The first-order chi connectivity index (χ1) is 11.7. The number of hydrogen-bond donors (Lipinski definition) is 2. The maximum absolute atomic E-state index is 11.0. The van der Waals surface area contributed by atoms with Gasteiger partial charge in [0.05, 0.1) is 12.0 Å². The Bertz CT molecular complexity index is 830. The third-order valence-corrected chi connectivity index (χ3v) is 3.39. The second kappa shape index (κ2) is 6.74. The van der Waals surface area contributed by atoms with Gasteiger partial charge in [0.1, 0.15) is 11.5 Å². The summed E-state index contributed by atoms with van der Waals surface area (Å²) in [4.78, 5) is 10.6. The van der Waals surface area contributed by atoms with Crippen molar-refractivity contribution < 1.29 is 14.4 Å². The van der Waals surface area contributed by atoms with Crippen LogP contribution in [0.3, 0.4) is 0 Å². The van der Waals surface area contributed by atoms with Gasteiger partial charge < -0.3 is 14.9 Å². The molecule has 0 saturated heterocycles. The largest absolute Gasteiger partial charge is 0.496 e. The van der Waals surface area contributed by atoms with Crippen LogP contribution in [0, 0.1) is 10.1 Å². The molecule has 7 heteroatoms. The van der Waals surface area contributed by atoms with E-state index in [2.05, 4.69) is 10.9 Å². The number of nitro benzene ring substituents is 1. The molecule has 3 rings (SSSR count). The molecule has 0 atom stereocenters. The molecule has 0 radical (unpaired) electrons. The molecule has 122 valence electrons. The van der Waals surface area contributed by atoms with Crippen LogP contribution in [0.2, 0.25) is 0 Å². The van der Waals surface area contributed by atoms with Crippen molar-refractivity contribution in [2.45, 2.75) is 0 Å². The van der Waals surface area contributed by atoms with E-state index >= 15 is 0 Å². The van der Waals surface area contributed by atoms with Crippen LogP contribution in [0.1, 0.15) is 0 Å². The zero-order valence-corrected chi connectivity index (χ0v) is 12.9. The van der Waals surface area contributed by atoms with Crippen LogP contribution < -0.4 is 20.3 Å². The molecule has 24 heavy (non-hydrogen) atoms. The molecule has 0 bridgehead atoms. The van der Waals surface area contributed by atoms with Gasteiger partial charge >= 0.3 is 0 Å². The van der Waals surface area contributed by atoms with E-state index in [0.717, 1.165) is 0 Å². The van der Waals surface area contributed by atoms with Crippen LogP contribution in [-0.2, 0) is 0 Å². The number of benzene rings is 2. The first-order valence-corrected chi connectivity index (χ1v) is 7.16. The zero-order valence-electron chi connectivity index (χ0n) is 12.9. The number of rotatable bonds is 5. The van der Waals surface area contributed by atoms with Crippen molar-refractivity contribution in [1.29, 1.82) is 0 Å². The van der Waals surface area contributed by atoms with E-state index in [1.807, 2.05) is 0 Å². The summed E-state index contributed by atoms with van der Waals surface area (Å²) < 4.78 is 11.1. The Morgan fingerprint density at radius 3 is 2.75 bits per heavy atom. The summed E-state index contributed by atoms with van der Waals surface area (Å²) in [7, 11) is 1.55. The highest BCUT2D eigenvalue weighted by atomic mass is 16.6. The van der Waals surface area contributed by atoms with Gasteiger partial charge in [-0.2, -0.15) is 0 Å². The minimum absolute atomic E-state index is 0.0202. The molecule has 0 aromatic heterocycles. The van der Waals surface area contributed by atoms with Gasteiger partial charge in [-0.15, -0.1) is 0 Å². The number of methoxy groups -OCH3 is 1. The zero-order chi connectivity index (χ0) is 16.9. The molecule has 0 amide bonds. The number of nitro groups is 1. The molecular formula is C17H15N3O4. The first kappa shape index (κ1) is 15.4. The summed E-state index contributed by atoms with van der Waals surface area (Å²) in [6, 6.07) is 11.7. The van der Waals surface area contributed by atoms with Crippen LogP contribution >= 0.6 is 0 Å². The summed E-state index contributed by atoms with van der Waals surface area (Å²) in [6.45, 7) is 0. The fraction of sp³-hybridized carbons (Fsp3) is 0.0588. The predicted molar refractivity (Wildman–Crippen MR) is 89.2 cm³/mol. The molecule has 7 nitrogen and oxygen atoms in total. The molecule has 0 spiro atoms. The molecule has 0 fully saturated rings. The molecule has 1 aliphatic rings. The van der Waals surface area contributed by atoms with Crippen molar-refractivity contribution in [2.24, 2.45) is 0 Å². The Hall–Kier alpha value is -3.48. The molecule has 2 N–H and O–H groups in total. The Morgan fingerprint density at radius 2 is 2.04 bits per heavy atom. The van der Waals surface area contributed by atoms with Gasteiger partial charge in [-0.3, -0.25) is 15.5 Å². The number of non-ortho nitro benzene ring substituents is 1. The van der Waals surface area contributed by atoms with E-state index in [1.54, 1.807) is 55.8 Å². The van der Waals surface area contributed by atoms with E-state index in [-0.39, 0.29) is 5.69 Å². The topological polar surface area (TPSA) is 85.7 Å². The molecule has 0 aliphatic carbocycles. The highest BCUT2D eigenvalue weighted by Crippen LogP contribution is 2.35. The fourth-order valence-corrected chi connectivity index (χ4v) is 2.29. The molecular weight excluding hydrogens is 310 g/mol. The molecule has 0 saturated carbocycles. The normalized spacial score (nSPS) is 12.6. The van der Waals surface area contributed by atoms with Crippen molar-refractivity contribution in [1.82, 2.24) is 10.9 Å². The van der Waals surface area contributed by atoms with Crippen molar-refractivity contribution in [3.63, 3.8) is 0 Å². The minimum Gasteiger partial charge on any atom is -0.496 e. The number of nitrogens with zero attached hydrogens (tertiary/aromatic N) is 1. The van der Waals surface area contributed by atoms with Gasteiger partial charge in [0, 0.05) is 30.0 Å². The van der Waals surface area contributed by atoms with Crippen LogP contribution in [0.5, 0.6) is 11.5 Å². The highest BCUT2D eigenvalue weighted by Gasteiger charge is 2.13. The summed E-state index contributed by atoms with van der Waals surface area (Å²) in [5.74, 6) is 1.72. The number of allylic oxidation sites excluding steroid dienone is 2. The van der Waals surface area contributed by atoms with E-state index in [4.69, 9.17) is 9.47 Å². The van der Waals surface area contributed by atoms with Crippen LogP contribution in [0.4, 0.5) is 5.69 Å². The summed E-state index contributed by atoms with van der Waals surface area (Å²) >= 11 is 0. The van der Waals surface area contributed by atoms with Gasteiger partial charge in [-0.25, -0.2) is 0 Å². The van der Waals surface area contributed by atoms with E-state index in [0.29, 0.717) is 28.5 Å². The Kier molecular flexibility index (Phi) is 4.33. The molecule has 1 aliphatic heterocycles. The monoisotopic (exact) mass is 325 g/mol. The lowest BCUT2D eigenvalue weighted by atomic mass is 10.0.